The summed E-state index contributed by atoms with van der Waals surface area (Å²) < 4.78 is 2.69. The molecule has 0 aliphatic carbocycles. The average Bonchev–Trinajstić information content (AvgIpc) is 2.57. The van der Waals surface area contributed by atoms with Gasteiger partial charge in [-0.3, -0.25) is 0 Å². The fraction of sp³-hybridized carbons (Fsp3) is 0.167. The summed E-state index contributed by atoms with van der Waals surface area (Å²) in [5, 5.41) is 13.5. The van der Waals surface area contributed by atoms with Crippen molar-refractivity contribution in [3.05, 3.63) is 45.7 Å². The highest BCUT2D eigenvalue weighted by atomic mass is 79.9. The molecule has 0 fully saturated rings. The second-order valence-electron chi connectivity index (χ2n) is 3.61. The van der Waals surface area contributed by atoms with Gasteiger partial charge < -0.3 is 0 Å². The van der Waals surface area contributed by atoms with Gasteiger partial charge in [0.1, 0.15) is 6.07 Å². The Morgan fingerprint density at radius 2 is 2.06 bits per heavy atom. The topological polar surface area (TPSA) is 41.6 Å². The van der Waals surface area contributed by atoms with E-state index < -0.39 is 0 Å². The first kappa shape index (κ1) is 10.9. The van der Waals surface area contributed by atoms with Crippen LogP contribution in [-0.4, -0.2) is 9.78 Å². The fourth-order valence-electron chi connectivity index (χ4n) is 1.66. The molecule has 0 amide bonds. The number of rotatable bonds is 1. The number of hydrogen-bond acceptors (Lipinski definition) is 2. The summed E-state index contributed by atoms with van der Waals surface area (Å²) in [6.45, 7) is 3.91. The molecule has 0 atom stereocenters. The van der Waals surface area contributed by atoms with Crippen LogP contribution in [0.25, 0.3) is 5.69 Å². The Labute approximate surface area is 102 Å². The van der Waals surface area contributed by atoms with Crippen LogP contribution >= 0.6 is 15.9 Å². The van der Waals surface area contributed by atoms with E-state index >= 15 is 0 Å². The van der Waals surface area contributed by atoms with Crippen LogP contribution in [0.2, 0.25) is 0 Å². The molecule has 0 radical (unpaired) electrons. The Kier molecular flexibility index (Phi) is 2.80. The molecule has 2 aromatic rings. The van der Waals surface area contributed by atoms with Crippen LogP contribution in [0.4, 0.5) is 0 Å². The van der Waals surface area contributed by atoms with Crippen molar-refractivity contribution in [1.82, 2.24) is 9.78 Å². The average molecular weight is 276 g/mol. The van der Waals surface area contributed by atoms with Gasteiger partial charge in [0.2, 0.25) is 0 Å². The number of halogens is 1. The highest BCUT2D eigenvalue weighted by Gasteiger charge is 2.08. The van der Waals surface area contributed by atoms with E-state index in [-0.39, 0.29) is 0 Å². The molecule has 1 aromatic carbocycles. The predicted molar refractivity (Wildman–Crippen MR) is 65.5 cm³/mol. The van der Waals surface area contributed by atoms with Gasteiger partial charge in [0.25, 0.3) is 0 Å². The van der Waals surface area contributed by atoms with Gasteiger partial charge in [0, 0.05) is 10.2 Å². The molecule has 80 valence electrons. The van der Waals surface area contributed by atoms with Crippen molar-refractivity contribution in [3.63, 3.8) is 0 Å². The second kappa shape index (κ2) is 4.11. The van der Waals surface area contributed by atoms with Crippen LogP contribution in [-0.2, 0) is 0 Å². The van der Waals surface area contributed by atoms with Crippen LogP contribution in [0.15, 0.2) is 28.7 Å². The molecule has 0 aliphatic heterocycles. The van der Waals surface area contributed by atoms with Crippen molar-refractivity contribution >= 4 is 15.9 Å². The van der Waals surface area contributed by atoms with Crippen LogP contribution in [0, 0.1) is 25.2 Å². The zero-order chi connectivity index (χ0) is 11.7. The first-order valence-corrected chi connectivity index (χ1v) is 5.64. The third kappa shape index (κ3) is 1.86. The molecular formula is C12H10BrN3. The normalized spacial score (nSPS) is 10.1. The van der Waals surface area contributed by atoms with Gasteiger partial charge >= 0.3 is 0 Å². The summed E-state index contributed by atoms with van der Waals surface area (Å²) in [5.41, 5.74) is 3.40. The summed E-state index contributed by atoms with van der Waals surface area (Å²) in [6, 6.07) is 9.77. The maximum atomic E-state index is 9.09. The summed E-state index contributed by atoms with van der Waals surface area (Å²) >= 11 is 3.35. The summed E-state index contributed by atoms with van der Waals surface area (Å²) in [4.78, 5) is 0. The molecule has 1 heterocycles. The molecule has 0 unspecified atom stereocenters. The number of nitrogens with zero attached hydrogens (tertiary/aromatic N) is 3. The zero-order valence-electron chi connectivity index (χ0n) is 9.03. The zero-order valence-corrected chi connectivity index (χ0v) is 10.6. The highest BCUT2D eigenvalue weighted by Crippen LogP contribution is 2.20. The number of hydrogen-bond donors (Lipinski definition) is 0. The van der Waals surface area contributed by atoms with E-state index in [1.54, 1.807) is 10.7 Å². The van der Waals surface area contributed by atoms with Gasteiger partial charge in [0.15, 0.2) is 0 Å². The largest absolute Gasteiger partial charge is 0.237 e. The third-order valence-electron chi connectivity index (χ3n) is 2.32. The van der Waals surface area contributed by atoms with Crippen LogP contribution in [0.3, 0.4) is 0 Å². The van der Waals surface area contributed by atoms with E-state index in [4.69, 9.17) is 5.26 Å². The number of aromatic nitrogens is 2. The second-order valence-corrected chi connectivity index (χ2v) is 4.53. The van der Waals surface area contributed by atoms with Gasteiger partial charge in [-0.05, 0) is 38.1 Å². The lowest BCUT2D eigenvalue weighted by atomic mass is 10.2. The monoisotopic (exact) mass is 275 g/mol. The van der Waals surface area contributed by atoms with Crippen molar-refractivity contribution in [3.8, 4) is 11.8 Å². The van der Waals surface area contributed by atoms with E-state index in [0.717, 1.165) is 21.5 Å². The van der Waals surface area contributed by atoms with Crippen LogP contribution in [0.5, 0.6) is 0 Å². The Morgan fingerprint density at radius 3 is 2.62 bits per heavy atom. The Morgan fingerprint density at radius 1 is 1.31 bits per heavy atom. The van der Waals surface area contributed by atoms with E-state index in [1.807, 2.05) is 32.0 Å². The van der Waals surface area contributed by atoms with E-state index in [2.05, 4.69) is 27.1 Å². The molecule has 0 bridgehead atoms. The standard InChI is InChI=1S/C12H10BrN3/c1-8-5-9(2)16(15-8)12-4-3-11(13)6-10(12)7-14/h3-6H,1-2H3. The fourth-order valence-corrected chi connectivity index (χ4v) is 2.02. The van der Waals surface area contributed by atoms with Crippen LogP contribution in [0.1, 0.15) is 17.0 Å². The van der Waals surface area contributed by atoms with Crippen LogP contribution < -0.4 is 0 Å². The molecule has 0 N–H and O–H groups in total. The molecule has 0 saturated heterocycles. The summed E-state index contributed by atoms with van der Waals surface area (Å²) in [7, 11) is 0. The van der Waals surface area contributed by atoms with Crippen molar-refractivity contribution in [2.45, 2.75) is 13.8 Å². The van der Waals surface area contributed by atoms with E-state index in [1.165, 1.54) is 0 Å². The van der Waals surface area contributed by atoms with E-state index in [9.17, 15) is 0 Å². The quantitative estimate of drug-likeness (QED) is 0.803. The molecule has 4 heteroatoms. The maximum Gasteiger partial charge on any atom is 0.101 e. The van der Waals surface area contributed by atoms with Crippen molar-refractivity contribution < 1.29 is 0 Å². The van der Waals surface area contributed by atoms with Gasteiger partial charge in [-0.1, -0.05) is 15.9 Å². The lowest BCUT2D eigenvalue weighted by molar-refractivity contribution is 0.831. The summed E-state index contributed by atoms with van der Waals surface area (Å²) in [5.74, 6) is 0. The molecule has 0 spiro atoms. The molecular weight excluding hydrogens is 266 g/mol. The Bertz CT molecular complexity index is 578. The van der Waals surface area contributed by atoms with Crippen molar-refractivity contribution in [2.75, 3.05) is 0 Å². The van der Waals surface area contributed by atoms with Gasteiger partial charge in [-0.2, -0.15) is 10.4 Å². The maximum absolute atomic E-state index is 9.09. The first-order chi connectivity index (χ1) is 7.61. The molecule has 3 nitrogen and oxygen atoms in total. The minimum absolute atomic E-state index is 0.612. The van der Waals surface area contributed by atoms with Crippen molar-refractivity contribution in [2.24, 2.45) is 0 Å². The predicted octanol–water partition coefficient (Wildman–Crippen LogP) is 3.12. The van der Waals surface area contributed by atoms with Gasteiger partial charge in [-0.25, -0.2) is 4.68 Å². The number of benzene rings is 1. The smallest absolute Gasteiger partial charge is 0.101 e. The Hall–Kier alpha value is -1.60. The summed E-state index contributed by atoms with van der Waals surface area (Å²) in [6.07, 6.45) is 0. The molecule has 0 aliphatic rings. The minimum atomic E-state index is 0.612. The highest BCUT2D eigenvalue weighted by molar-refractivity contribution is 9.10. The van der Waals surface area contributed by atoms with E-state index in [0.29, 0.717) is 5.56 Å². The number of aryl methyl sites for hydroxylation is 2. The van der Waals surface area contributed by atoms with Crippen molar-refractivity contribution in [1.29, 1.82) is 5.26 Å². The first-order valence-electron chi connectivity index (χ1n) is 4.85. The molecule has 1 aromatic heterocycles. The SMILES string of the molecule is Cc1cc(C)n(-c2ccc(Br)cc2C#N)n1. The Balaban J connectivity index is 2.65. The molecule has 2 rings (SSSR count). The molecule has 0 saturated carbocycles. The minimum Gasteiger partial charge on any atom is -0.237 e. The molecule has 16 heavy (non-hydrogen) atoms. The number of nitriles is 1. The van der Waals surface area contributed by atoms with Gasteiger partial charge in [-0.15, -0.1) is 0 Å². The van der Waals surface area contributed by atoms with Gasteiger partial charge in [0.05, 0.1) is 16.9 Å². The third-order valence-corrected chi connectivity index (χ3v) is 2.81. The lowest BCUT2D eigenvalue weighted by Crippen LogP contribution is -2.01. The lowest BCUT2D eigenvalue weighted by Gasteiger charge is -2.06.